The molecule has 0 bridgehead atoms. The zero-order chi connectivity index (χ0) is 10.2. The first-order chi connectivity index (χ1) is 6.79. The van der Waals surface area contributed by atoms with Gasteiger partial charge in [-0.15, -0.1) is 0 Å². The predicted octanol–water partition coefficient (Wildman–Crippen LogP) is 4.14. The number of hydrogen-bond acceptors (Lipinski definition) is 0. The number of rotatable bonds is 0. The van der Waals surface area contributed by atoms with Crippen molar-refractivity contribution in [2.24, 2.45) is 0 Å². The van der Waals surface area contributed by atoms with Crippen LogP contribution in [0, 0.1) is 0 Å². The summed E-state index contributed by atoms with van der Waals surface area (Å²) in [5, 5.41) is 0. The highest BCUT2D eigenvalue weighted by molar-refractivity contribution is 5.27. The summed E-state index contributed by atoms with van der Waals surface area (Å²) >= 11 is 0. The van der Waals surface area contributed by atoms with E-state index in [-0.39, 0.29) is 0 Å². The van der Waals surface area contributed by atoms with E-state index in [1.54, 1.807) is 0 Å². The van der Waals surface area contributed by atoms with Crippen LogP contribution in [-0.2, 0) is 0 Å². The van der Waals surface area contributed by atoms with E-state index >= 15 is 0 Å². The fraction of sp³-hybridized carbons (Fsp3) is 0.143. The van der Waals surface area contributed by atoms with Gasteiger partial charge in [-0.1, -0.05) is 72.9 Å². The molecule has 72 valence electrons. The Balaban J connectivity index is 0.000000146. The van der Waals surface area contributed by atoms with E-state index in [1.807, 2.05) is 36.4 Å². The second-order valence-electron chi connectivity index (χ2n) is 3.35. The monoisotopic (exact) mass is 184 g/mol. The largest absolute Gasteiger partial charge is 0.0992 e. The lowest BCUT2D eigenvalue weighted by molar-refractivity contribution is 1.05. The van der Waals surface area contributed by atoms with E-state index in [0.717, 1.165) is 12.8 Å². The predicted molar refractivity (Wildman–Crippen MR) is 63.1 cm³/mol. The van der Waals surface area contributed by atoms with Crippen molar-refractivity contribution in [1.29, 1.82) is 0 Å². The van der Waals surface area contributed by atoms with E-state index in [1.165, 1.54) is 11.1 Å². The minimum absolute atomic E-state index is 0.997. The van der Waals surface area contributed by atoms with Crippen LogP contribution in [0.1, 0.15) is 12.8 Å². The van der Waals surface area contributed by atoms with E-state index in [4.69, 9.17) is 0 Å². The maximum atomic E-state index is 3.85. The number of allylic oxidation sites excluding steroid dienone is 4. The van der Waals surface area contributed by atoms with Crippen molar-refractivity contribution in [3.8, 4) is 0 Å². The van der Waals surface area contributed by atoms with Crippen LogP contribution in [0.4, 0.5) is 0 Å². The fourth-order valence-corrected chi connectivity index (χ4v) is 1.23. The minimum Gasteiger partial charge on any atom is -0.0992 e. The lowest BCUT2D eigenvalue weighted by Gasteiger charge is -2.06. The average molecular weight is 184 g/mol. The van der Waals surface area contributed by atoms with Crippen molar-refractivity contribution in [2.45, 2.75) is 12.8 Å². The summed E-state index contributed by atoms with van der Waals surface area (Å²) in [6.45, 7) is 7.67. The molecule has 1 aromatic rings. The molecule has 14 heavy (non-hydrogen) atoms. The molecule has 0 heteroatoms. The molecule has 0 nitrogen and oxygen atoms in total. The van der Waals surface area contributed by atoms with E-state index in [2.05, 4.69) is 25.3 Å². The number of benzene rings is 1. The van der Waals surface area contributed by atoms with Crippen LogP contribution in [0.15, 0.2) is 72.9 Å². The van der Waals surface area contributed by atoms with Gasteiger partial charge < -0.3 is 0 Å². The van der Waals surface area contributed by atoms with Crippen molar-refractivity contribution in [3.05, 3.63) is 72.9 Å². The van der Waals surface area contributed by atoms with Crippen LogP contribution in [0.3, 0.4) is 0 Å². The SMILES string of the molecule is C=C1C=CCC(=C)C1.c1ccccc1. The van der Waals surface area contributed by atoms with Crippen molar-refractivity contribution in [2.75, 3.05) is 0 Å². The molecule has 0 atom stereocenters. The normalized spacial score (nSPS) is 14.6. The molecule has 1 aliphatic carbocycles. The Morgan fingerprint density at radius 2 is 1.36 bits per heavy atom. The van der Waals surface area contributed by atoms with Crippen molar-refractivity contribution in [1.82, 2.24) is 0 Å². The summed E-state index contributed by atoms with van der Waals surface area (Å²) in [5.41, 5.74) is 2.46. The smallest absolute Gasteiger partial charge is 0.00727 e. The highest BCUT2D eigenvalue weighted by Gasteiger charge is 1.97. The molecule has 1 aliphatic rings. The molecule has 0 saturated heterocycles. The summed E-state index contributed by atoms with van der Waals surface area (Å²) in [6.07, 6.45) is 6.21. The molecule has 1 aromatic carbocycles. The molecule has 0 aliphatic heterocycles. The lowest BCUT2D eigenvalue weighted by atomic mass is 9.99. The summed E-state index contributed by atoms with van der Waals surface area (Å²) in [7, 11) is 0. The second-order valence-corrected chi connectivity index (χ2v) is 3.35. The van der Waals surface area contributed by atoms with Gasteiger partial charge in [0.05, 0.1) is 0 Å². The van der Waals surface area contributed by atoms with Gasteiger partial charge in [-0.25, -0.2) is 0 Å². The zero-order valence-corrected chi connectivity index (χ0v) is 8.45. The summed E-state index contributed by atoms with van der Waals surface area (Å²) < 4.78 is 0. The molecule has 0 saturated carbocycles. The maximum absolute atomic E-state index is 3.85. The van der Waals surface area contributed by atoms with E-state index in [9.17, 15) is 0 Å². The fourth-order valence-electron chi connectivity index (χ4n) is 1.23. The molecular formula is C14H16. The molecule has 0 amide bonds. The lowest BCUT2D eigenvalue weighted by Crippen LogP contribution is -1.87. The molecule has 0 unspecified atom stereocenters. The topological polar surface area (TPSA) is 0 Å². The van der Waals surface area contributed by atoms with Crippen LogP contribution in [0.25, 0.3) is 0 Å². The van der Waals surface area contributed by atoms with Crippen LogP contribution in [-0.4, -0.2) is 0 Å². The van der Waals surface area contributed by atoms with Crippen molar-refractivity contribution < 1.29 is 0 Å². The molecule has 0 fully saturated rings. The maximum Gasteiger partial charge on any atom is -0.00727 e. The highest BCUT2D eigenvalue weighted by Crippen LogP contribution is 2.17. The first-order valence-corrected chi connectivity index (χ1v) is 4.80. The average Bonchev–Trinajstić information content (AvgIpc) is 2.21. The Bertz CT molecular complexity index is 290. The molecule has 0 heterocycles. The van der Waals surface area contributed by atoms with E-state index < -0.39 is 0 Å². The van der Waals surface area contributed by atoms with Gasteiger partial charge in [-0.05, 0) is 12.8 Å². The van der Waals surface area contributed by atoms with Crippen LogP contribution in [0.2, 0.25) is 0 Å². The van der Waals surface area contributed by atoms with E-state index in [0.29, 0.717) is 0 Å². The van der Waals surface area contributed by atoms with Crippen molar-refractivity contribution in [3.63, 3.8) is 0 Å². The van der Waals surface area contributed by atoms with Crippen LogP contribution in [0.5, 0.6) is 0 Å². The molecule has 0 aromatic heterocycles. The Kier molecular flexibility index (Phi) is 4.49. The van der Waals surface area contributed by atoms with Gasteiger partial charge in [0, 0.05) is 0 Å². The third kappa shape index (κ3) is 4.46. The van der Waals surface area contributed by atoms with Gasteiger partial charge in [0.15, 0.2) is 0 Å². The third-order valence-corrected chi connectivity index (χ3v) is 1.90. The van der Waals surface area contributed by atoms with Crippen molar-refractivity contribution >= 4 is 0 Å². The summed E-state index contributed by atoms with van der Waals surface area (Å²) in [6, 6.07) is 12.0. The Morgan fingerprint density at radius 1 is 0.857 bits per heavy atom. The highest BCUT2D eigenvalue weighted by atomic mass is 14.0. The van der Waals surface area contributed by atoms with Gasteiger partial charge in [-0.2, -0.15) is 0 Å². The van der Waals surface area contributed by atoms with Gasteiger partial charge in [-0.3, -0.25) is 0 Å². The molecule has 2 rings (SSSR count). The van der Waals surface area contributed by atoms with Crippen LogP contribution >= 0.6 is 0 Å². The molecule has 0 N–H and O–H groups in total. The zero-order valence-electron chi connectivity index (χ0n) is 8.45. The van der Waals surface area contributed by atoms with Gasteiger partial charge >= 0.3 is 0 Å². The van der Waals surface area contributed by atoms with Gasteiger partial charge in [0.25, 0.3) is 0 Å². The van der Waals surface area contributed by atoms with Gasteiger partial charge in [0.1, 0.15) is 0 Å². The van der Waals surface area contributed by atoms with Crippen LogP contribution < -0.4 is 0 Å². The number of hydrogen-bond donors (Lipinski definition) is 0. The Labute approximate surface area is 86.3 Å². The third-order valence-electron chi connectivity index (χ3n) is 1.90. The second kappa shape index (κ2) is 5.98. The molecular weight excluding hydrogens is 168 g/mol. The van der Waals surface area contributed by atoms with Gasteiger partial charge in [0.2, 0.25) is 0 Å². The Hall–Kier alpha value is -1.56. The Morgan fingerprint density at radius 3 is 1.64 bits per heavy atom. The molecule has 0 radical (unpaired) electrons. The first kappa shape index (κ1) is 10.5. The summed E-state index contributed by atoms with van der Waals surface area (Å²) in [5.74, 6) is 0. The quantitative estimate of drug-likeness (QED) is 0.532. The first-order valence-electron chi connectivity index (χ1n) is 4.80. The standard InChI is InChI=1S/C8H10.C6H6/c1-7-4-3-5-8(2)6-7;1-2-4-6-5-3-1/h3-4H,1-2,5-6H2;1-6H. The summed E-state index contributed by atoms with van der Waals surface area (Å²) in [4.78, 5) is 0. The minimum atomic E-state index is 0.997. The molecule has 0 spiro atoms.